The van der Waals surface area contributed by atoms with Crippen LogP contribution in [0.5, 0.6) is 5.75 Å². The standard InChI is InChI=1S/C23H29FN3O9P/c1-5-14(2)34-20(30)15(3)27(36-16-9-7-6-8-10-16)37(32)33-13-17-19(29)23(4,24)21(35-17)26-12-11-18(28)25-22(26)31/h6-12,14-15,17,19,21,29H,5,13H2,1-4H3/p+1/t14?,15?,17-,19-,21-,23-/m1/s1. The van der Waals surface area contributed by atoms with Gasteiger partial charge >= 0.3 is 19.8 Å². The van der Waals surface area contributed by atoms with Crippen molar-refractivity contribution in [3.05, 3.63) is 63.4 Å². The van der Waals surface area contributed by atoms with Gasteiger partial charge in [-0.15, -0.1) is 4.52 Å². The highest BCUT2D eigenvalue weighted by Crippen LogP contribution is 2.42. The molecule has 0 amide bonds. The van der Waals surface area contributed by atoms with E-state index in [0.29, 0.717) is 6.42 Å². The monoisotopic (exact) mass is 542 g/mol. The molecular weight excluding hydrogens is 512 g/mol. The summed E-state index contributed by atoms with van der Waals surface area (Å²) in [5.74, 6) is -0.438. The Hall–Kier alpha value is -2.96. The van der Waals surface area contributed by atoms with Crippen LogP contribution in [0.1, 0.15) is 40.3 Å². The van der Waals surface area contributed by atoms with Gasteiger partial charge in [-0.25, -0.2) is 9.18 Å². The van der Waals surface area contributed by atoms with Crippen molar-refractivity contribution in [2.24, 2.45) is 0 Å². The molecule has 0 bridgehead atoms. The van der Waals surface area contributed by atoms with Crippen molar-refractivity contribution in [2.45, 2.75) is 70.4 Å². The number of esters is 1. The van der Waals surface area contributed by atoms with E-state index in [4.69, 9.17) is 18.8 Å². The maximum atomic E-state index is 15.4. The van der Waals surface area contributed by atoms with Gasteiger partial charge in [0, 0.05) is 12.3 Å². The van der Waals surface area contributed by atoms with E-state index in [0.717, 1.165) is 28.6 Å². The molecule has 14 heteroatoms. The maximum absolute atomic E-state index is 15.4. The van der Waals surface area contributed by atoms with E-state index < -0.39 is 62.2 Å². The summed E-state index contributed by atoms with van der Waals surface area (Å²) in [6.45, 7) is 5.41. The predicted molar refractivity (Wildman–Crippen MR) is 129 cm³/mol. The second-order valence-corrected chi connectivity index (χ2v) is 9.84. The molecule has 0 radical (unpaired) electrons. The van der Waals surface area contributed by atoms with Crippen LogP contribution in [0.25, 0.3) is 0 Å². The summed E-state index contributed by atoms with van der Waals surface area (Å²) in [5, 5.41) is 10.5. The minimum atomic E-state index is -2.88. The Kier molecular flexibility index (Phi) is 9.32. The first-order valence-electron chi connectivity index (χ1n) is 11.6. The minimum absolute atomic E-state index is 0.267. The summed E-state index contributed by atoms with van der Waals surface area (Å²) in [7, 11) is -2.88. The maximum Gasteiger partial charge on any atom is 0.653 e. The fourth-order valence-electron chi connectivity index (χ4n) is 3.47. The van der Waals surface area contributed by atoms with Gasteiger partial charge in [-0.1, -0.05) is 25.1 Å². The summed E-state index contributed by atoms with van der Waals surface area (Å²) in [4.78, 5) is 44.5. The highest BCUT2D eigenvalue weighted by molar-refractivity contribution is 7.36. The summed E-state index contributed by atoms with van der Waals surface area (Å²) in [6.07, 6.45) is -3.50. The highest BCUT2D eigenvalue weighted by atomic mass is 31.1. The topological polar surface area (TPSA) is 149 Å². The molecule has 0 aliphatic carbocycles. The molecule has 1 aliphatic heterocycles. The molecular formula is C23H30FN3O9P+. The molecule has 1 aromatic carbocycles. The van der Waals surface area contributed by atoms with Gasteiger partial charge in [0.05, 0.1) is 6.10 Å². The second kappa shape index (κ2) is 12.1. The fraction of sp³-hybridized carbons (Fsp3) is 0.522. The summed E-state index contributed by atoms with van der Waals surface area (Å²) in [5.41, 5.74) is -4.08. The smallest absolute Gasteiger partial charge is 0.461 e. The van der Waals surface area contributed by atoms with Crippen molar-refractivity contribution in [1.82, 2.24) is 14.4 Å². The van der Waals surface area contributed by atoms with E-state index in [-0.39, 0.29) is 11.9 Å². The van der Waals surface area contributed by atoms with Crippen LogP contribution in [-0.4, -0.2) is 62.1 Å². The number of aromatic amines is 1. The number of H-pyrrole nitrogens is 1. The average Bonchev–Trinajstić information content (AvgIpc) is 3.09. The van der Waals surface area contributed by atoms with Crippen LogP contribution >= 0.6 is 8.18 Å². The van der Waals surface area contributed by atoms with Crippen LogP contribution in [0.3, 0.4) is 0 Å². The molecule has 12 nitrogen and oxygen atoms in total. The zero-order valence-electron chi connectivity index (χ0n) is 20.8. The molecule has 2 aromatic rings. The van der Waals surface area contributed by atoms with Crippen LogP contribution in [-0.2, 0) is 23.4 Å². The number of rotatable bonds is 11. The Bertz CT molecular complexity index is 1210. The van der Waals surface area contributed by atoms with Crippen molar-refractivity contribution in [1.29, 1.82) is 0 Å². The van der Waals surface area contributed by atoms with Gasteiger partial charge in [-0.3, -0.25) is 19.1 Å². The van der Waals surface area contributed by atoms with Gasteiger partial charge < -0.3 is 19.4 Å². The number of carbonyl (C=O) groups is 1. The molecule has 1 saturated heterocycles. The van der Waals surface area contributed by atoms with Crippen LogP contribution < -0.4 is 16.1 Å². The minimum Gasteiger partial charge on any atom is -0.461 e. The molecule has 3 unspecified atom stereocenters. The summed E-state index contributed by atoms with van der Waals surface area (Å²) >= 11 is 0. The van der Waals surface area contributed by atoms with Crippen molar-refractivity contribution < 1.29 is 37.7 Å². The lowest BCUT2D eigenvalue weighted by Crippen LogP contribution is -2.43. The number of hydrogen-bond donors (Lipinski definition) is 2. The number of benzene rings is 1. The number of aromatic nitrogens is 2. The number of halogens is 1. The van der Waals surface area contributed by atoms with Crippen molar-refractivity contribution >= 4 is 14.1 Å². The molecule has 2 heterocycles. The van der Waals surface area contributed by atoms with Crippen molar-refractivity contribution in [3.8, 4) is 5.75 Å². The number of hydrogen-bond acceptors (Lipinski definition) is 9. The zero-order valence-corrected chi connectivity index (χ0v) is 21.7. The van der Waals surface area contributed by atoms with Gasteiger partial charge in [-0.05, 0) is 43.9 Å². The molecule has 3 rings (SSSR count). The number of aliphatic hydroxyl groups excluding tert-OH is 1. The van der Waals surface area contributed by atoms with E-state index in [1.54, 1.807) is 37.3 Å². The molecule has 7 atom stereocenters. The SMILES string of the molecule is CCC(C)OC(=O)C(C)N(Oc1ccccc1)[P+](=O)OC[C@H]1O[C@@H](n2ccc(=O)[nH]c2=O)[C@](C)(F)[C@@H]1O. The summed E-state index contributed by atoms with van der Waals surface area (Å²) in [6, 6.07) is 8.09. The first kappa shape index (κ1) is 28.6. The quantitative estimate of drug-likeness (QED) is 0.246. The van der Waals surface area contributed by atoms with Gasteiger partial charge in [0.1, 0.15) is 23.6 Å². The third-order valence-electron chi connectivity index (χ3n) is 5.84. The predicted octanol–water partition coefficient (Wildman–Crippen LogP) is 2.22. The van der Waals surface area contributed by atoms with Gasteiger partial charge in [0.2, 0.25) is 0 Å². The van der Waals surface area contributed by atoms with Crippen LogP contribution in [0.2, 0.25) is 0 Å². The van der Waals surface area contributed by atoms with E-state index in [9.17, 15) is 24.1 Å². The normalized spacial score (nSPS) is 25.5. The van der Waals surface area contributed by atoms with E-state index in [2.05, 4.69) is 0 Å². The largest absolute Gasteiger partial charge is 0.653 e. The number of hydroxylamine groups is 1. The molecule has 0 spiro atoms. The zero-order chi connectivity index (χ0) is 27.3. The van der Waals surface area contributed by atoms with E-state index in [1.807, 2.05) is 11.9 Å². The van der Waals surface area contributed by atoms with Crippen LogP contribution in [0.4, 0.5) is 4.39 Å². The Morgan fingerprint density at radius 1 is 1.30 bits per heavy atom. The number of carbonyl (C=O) groups excluding carboxylic acids is 1. The van der Waals surface area contributed by atoms with Crippen LogP contribution in [0.15, 0.2) is 52.2 Å². The lowest BCUT2D eigenvalue weighted by Gasteiger charge is -2.24. The second-order valence-electron chi connectivity index (χ2n) is 8.71. The van der Waals surface area contributed by atoms with Crippen molar-refractivity contribution in [3.63, 3.8) is 0 Å². The number of nitrogens with zero attached hydrogens (tertiary/aromatic N) is 2. The Morgan fingerprint density at radius 3 is 2.59 bits per heavy atom. The van der Waals surface area contributed by atoms with E-state index in [1.165, 1.54) is 6.92 Å². The number of nitrogens with one attached hydrogen (secondary N) is 1. The number of alkyl halides is 1. The molecule has 202 valence electrons. The number of para-hydroxylation sites is 1. The van der Waals surface area contributed by atoms with Gasteiger partial charge in [0.15, 0.2) is 23.7 Å². The lowest BCUT2D eigenvalue weighted by atomic mass is 9.98. The summed E-state index contributed by atoms with van der Waals surface area (Å²) < 4.78 is 45.5. The van der Waals surface area contributed by atoms with Gasteiger partial charge in [-0.2, -0.15) is 0 Å². The Balaban J connectivity index is 1.75. The van der Waals surface area contributed by atoms with Gasteiger partial charge in [0.25, 0.3) is 5.56 Å². The first-order chi connectivity index (χ1) is 17.4. The molecule has 1 aliphatic rings. The third-order valence-corrected chi connectivity index (χ3v) is 6.96. The average molecular weight is 542 g/mol. The highest BCUT2D eigenvalue weighted by Gasteiger charge is 2.56. The van der Waals surface area contributed by atoms with E-state index >= 15 is 4.39 Å². The first-order valence-corrected chi connectivity index (χ1v) is 12.8. The third kappa shape index (κ3) is 6.68. The molecule has 1 fully saturated rings. The molecule has 2 N–H and O–H groups in total. The van der Waals surface area contributed by atoms with Crippen molar-refractivity contribution in [2.75, 3.05) is 6.61 Å². The Labute approximate surface area is 212 Å². The lowest BCUT2D eigenvalue weighted by molar-refractivity contribution is -0.159. The molecule has 1 aromatic heterocycles. The molecule has 0 saturated carbocycles. The van der Waals surface area contributed by atoms with Crippen LogP contribution in [0, 0.1) is 0 Å². The number of ether oxygens (including phenoxy) is 2. The number of aliphatic hydroxyl groups is 1. The Morgan fingerprint density at radius 2 is 1.97 bits per heavy atom. The molecule has 37 heavy (non-hydrogen) atoms. The fourth-order valence-corrected chi connectivity index (χ4v) is 4.40.